The van der Waals surface area contributed by atoms with Gasteiger partial charge in [-0.25, -0.2) is 0 Å². The van der Waals surface area contributed by atoms with Crippen LogP contribution in [-0.4, -0.2) is 39.1 Å². The van der Waals surface area contributed by atoms with Gasteiger partial charge in [0, 0.05) is 23.1 Å². The molecule has 0 radical (unpaired) electrons. The van der Waals surface area contributed by atoms with E-state index in [1.54, 1.807) is 0 Å². The van der Waals surface area contributed by atoms with Crippen molar-refractivity contribution < 1.29 is 0 Å². The summed E-state index contributed by atoms with van der Waals surface area (Å²) in [6.07, 6.45) is 5.58. The monoisotopic (exact) mass is 294 g/mol. The third-order valence-electron chi connectivity index (χ3n) is 3.53. The lowest BCUT2D eigenvalue weighted by Crippen LogP contribution is -2.27. The quantitative estimate of drug-likeness (QED) is 0.851. The molecule has 4 nitrogen and oxygen atoms in total. The maximum atomic E-state index is 4.30. The summed E-state index contributed by atoms with van der Waals surface area (Å²) in [6, 6.07) is 4.64. The van der Waals surface area contributed by atoms with Gasteiger partial charge in [-0.1, -0.05) is 15.9 Å². The van der Waals surface area contributed by atoms with E-state index < -0.39 is 0 Å². The second kappa shape index (κ2) is 4.38. The summed E-state index contributed by atoms with van der Waals surface area (Å²) >= 11 is 3.45. The Hall–Kier alpha value is -0.940. The Balaban J connectivity index is 1.90. The van der Waals surface area contributed by atoms with Crippen LogP contribution in [-0.2, 0) is 6.42 Å². The van der Waals surface area contributed by atoms with Crippen LogP contribution in [0, 0.1) is 0 Å². The zero-order chi connectivity index (χ0) is 11.8. The summed E-state index contributed by atoms with van der Waals surface area (Å²) in [6.45, 7) is 1.20. The first-order chi connectivity index (χ1) is 8.24. The van der Waals surface area contributed by atoms with E-state index in [0.29, 0.717) is 6.04 Å². The van der Waals surface area contributed by atoms with Gasteiger partial charge in [0.2, 0.25) is 0 Å². The van der Waals surface area contributed by atoms with E-state index in [9.17, 15) is 0 Å². The summed E-state index contributed by atoms with van der Waals surface area (Å²) in [5, 5.41) is 8.51. The maximum absolute atomic E-state index is 4.30. The average molecular weight is 295 g/mol. The van der Waals surface area contributed by atoms with E-state index in [1.165, 1.54) is 19.4 Å². The van der Waals surface area contributed by atoms with Crippen molar-refractivity contribution in [2.45, 2.75) is 25.3 Å². The Morgan fingerprint density at radius 1 is 1.47 bits per heavy atom. The predicted molar refractivity (Wildman–Crippen MR) is 70.0 cm³/mol. The maximum Gasteiger partial charge on any atom is 0.161 e. The normalized spacial score (nSPS) is 21.4. The van der Waals surface area contributed by atoms with E-state index >= 15 is 0 Å². The summed E-state index contributed by atoms with van der Waals surface area (Å²) in [4.78, 5) is 2.42. The van der Waals surface area contributed by atoms with Crippen LogP contribution in [0.1, 0.15) is 18.7 Å². The van der Waals surface area contributed by atoms with Crippen LogP contribution in [0.15, 0.2) is 22.8 Å². The van der Waals surface area contributed by atoms with Crippen LogP contribution < -0.4 is 0 Å². The topological polar surface area (TPSA) is 33.4 Å². The summed E-state index contributed by atoms with van der Waals surface area (Å²) in [7, 11) is 2.19. The van der Waals surface area contributed by atoms with Gasteiger partial charge >= 0.3 is 0 Å². The van der Waals surface area contributed by atoms with Gasteiger partial charge in [0.05, 0.1) is 0 Å². The zero-order valence-electron chi connectivity index (χ0n) is 9.80. The first-order valence-corrected chi connectivity index (χ1v) is 6.73. The molecule has 0 saturated carbocycles. The lowest BCUT2D eigenvalue weighted by atomic mass is 10.1. The van der Waals surface area contributed by atoms with E-state index in [1.807, 2.05) is 18.3 Å². The second-order valence-electron chi connectivity index (χ2n) is 4.67. The molecule has 0 bridgehead atoms. The predicted octanol–water partition coefficient (Wildman–Crippen LogP) is 2.13. The molecule has 1 fully saturated rings. The first-order valence-electron chi connectivity index (χ1n) is 5.93. The molecule has 1 aliphatic rings. The first kappa shape index (κ1) is 11.2. The highest BCUT2D eigenvalue weighted by atomic mass is 79.9. The molecule has 1 unspecified atom stereocenters. The van der Waals surface area contributed by atoms with Gasteiger partial charge in [0.1, 0.15) is 5.82 Å². The van der Waals surface area contributed by atoms with Gasteiger partial charge in [-0.3, -0.25) is 4.40 Å². The number of hydrogen-bond donors (Lipinski definition) is 0. The highest BCUT2D eigenvalue weighted by Gasteiger charge is 2.22. The zero-order valence-corrected chi connectivity index (χ0v) is 11.4. The molecule has 3 heterocycles. The van der Waals surface area contributed by atoms with Crippen LogP contribution in [0.5, 0.6) is 0 Å². The summed E-state index contributed by atoms with van der Waals surface area (Å²) < 4.78 is 3.12. The Morgan fingerprint density at radius 3 is 3.12 bits per heavy atom. The number of nitrogens with zero attached hydrogens (tertiary/aromatic N) is 4. The van der Waals surface area contributed by atoms with E-state index in [2.05, 4.69) is 42.5 Å². The molecule has 17 heavy (non-hydrogen) atoms. The second-order valence-corrected chi connectivity index (χ2v) is 5.59. The van der Waals surface area contributed by atoms with Gasteiger partial charge in [0.25, 0.3) is 0 Å². The molecule has 5 heteroatoms. The molecule has 3 rings (SSSR count). The SMILES string of the molecule is CN1CCCC1Cc1nnc2cc(Br)ccn12. The molecule has 2 aromatic rings. The van der Waals surface area contributed by atoms with Crippen LogP contribution >= 0.6 is 15.9 Å². The summed E-state index contributed by atoms with van der Waals surface area (Å²) in [5.74, 6) is 1.06. The van der Waals surface area contributed by atoms with Gasteiger partial charge in [-0.2, -0.15) is 0 Å². The van der Waals surface area contributed by atoms with Crippen molar-refractivity contribution in [3.05, 3.63) is 28.6 Å². The van der Waals surface area contributed by atoms with Crippen LogP contribution in [0.4, 0.5) is 0 Å². The van der Waals surface area contributed by atoms with Crippen LogP contribution in [0.2, 0.25) is 0 Å². The number of likely N-dealkylation sites (tertiary alicyclic amines) is 1. The van der Waals surface area contributed by atoms with Crippen molar-refractivity contribution in [1.29, 1.82) is 0 Å². The molecule has 1 aliphatic heterocycles. The lowest BCUT2D eigenvalue weighted by molar-refractivity contribution is 0.305. The third-order valence-corrected chi connectivity index (χ3v) is 4.03. The van der Waals surface area contributed by atoms with Gasteiger partial charge in [0.15, 0.2) is 5.65 Å². The molecule has 0 N–H and O–H groups in total. The molecule has 0 aromatic carbocycles. The van der Waals surface area contributed by atoms with Gasteiger partial charge in [-0.05, 0) is 38.6 Å². The Bertz CT molecular complexity index is 536. The fourth-order valence-corrected chi connectivity index (χ4v) is 2.83. The van der Waals surface area contributed by atoms with Crippen molar-refractivity contribution in [1.82, 2.24) is 19.5 Å². The summed E-state index contributed by atoms with van der Waals surface area (Å²) in [5.41, 5.74) is 0.912. The highest BCUT2D eigenvalue weighted by molar-refractivity contribution is 9.10. The van der Waals surface area contributed by atoms with Crippen LogP contribution in [0.25, 0.3) is 5.65 Å². The van der Waals surface area contributed by atoms with Crippen molar-refractivity contribution in [2.24, 2.45) is 0 Å². The number of fused-ring (bicyclic) bond motifs is 1. The fourth-order valence-electron chi connectivity index (χ4n) is 2.50. The molecule has 90 valence electrons. The van der Waals surface area contributed by atoms with Gasteiger partial charge < -0.3 is 4.90 Å². The van der Waals surface area contributed by atoms with Crippen molar-refractivity contribution in [3.63, 3.8) is 0 Å². The minimum Gasteiger partial charge on any atom is -0.303 e. The minimum atomic E-state index is 0.617. The molecule has 0 amide bonds. The Kier molecular flexibility index (Phi) is 2.88. The van der Waals surface area contributed by atoms with Gasteiger partial charge in [-0.15, -0.1) is 10.2 Å². The molecule has 0 spiro atoms. The highest BCUT2D eigenvalue weighted by Crippen LogP contribution is 2.19. The Labute approximate surface area is 109 Å². The lowest BCUT2D eigenvalue weighted by Gasteiger charge is -2.17. The fraction of sp³-hybridized carbons (Fsp3) is 0.500. The van der Waals surface area contributed by atoms with Crippen molar-refractivity contribution in [3.8, 4) is 0 Å². The third kappa shape index (κ3) is 2.09. The van der Waals surface area contributed by atoms with E-state index in [4.69, 9.17) is 0 Å². The molecular weight excluding hydrogens is 280 g/mol. The molecule has 0 aliphatic carbocycles. The number of rotatable bonds is 2. The van der Waals surface area contributed by atoms with Crippen molar-refractivity contribution >= 4 is 21.6 Å². The molecule has 2 aromatic heterocycles. The van der Waals surface area contributed by atoms with Crippen molar-refractivity contribution in [2.75, 3.05) is 13.6 Å². The Morgan fingerprint density at radius 2 is 2.35 bits per heavy atom. The largest absolute Gasteiger partial charge is 0.303 e. The smallest absolute Gasteiger partial charge is 0.161 e. The van der Waals surface area contributed by atoms with E-state index in [0.717, 1.165) is 22.4 Å². The molecule has 1 saturated heterocycles. The number of likely N-dealkylation sites (N-methyl/N-ethyl adjacent to an activating group) is 1. The van der Waals surface area contributed by atoms with E-state index in [-0.39, 0.29) is 0 Å². The standard InChI is InChI=1S/C12H15BrN4/c1-16-5-2-3-10(16)8-12-15-14-11-7-9(13)4-6-17(11)12/h4,6-7,10H,2-3,5,8H2,1H3. The molecule has 1 atom stereocenters. The number of hydrogen-bond acceptors (Lipinski definition) is 3. The minimum absolute atomic E-state index is 0.617. The van der Waals surface area contributed by atoms with Crippen LogP contribution in [0.3, 0.4) is 0 Å². The number of pyridine rings is 1. The number of halogens is 1. The molecular formula is C12H15BrN4. The average Bonchev–Trinajstić information content (AvgIpc) is 2.87. The number of aromatic nitrogens is 3.